The van der Waals surface area contributed by atoms with Crippen molar-refractivity contribution < 1.29 is 23.9 Å². The summed E-state index contributed by atoms with van der Waals surface area (Å²) in [7, 11) is 0. The first kappa shape index (κ1) is 20.0. The molecule has 0 bridgehead atoms. The van der Waals surface area contributed by atoms with E-state index in [9.17, 15) is 14.4 Å². The van der Waals surface area contributed by atoms with Crippen LogP contribution < -0.4 is 16.0 Å². The fourth-order valence-corrected chi connectivity index (χ4v) is 1.19. The normalized spacial score (nSPS) is 10.8. The standard InChI is InChI=1S/C14H27N3O5/c1-10(2)9-21-12(19)16-7-6-15-11(18)8-17-13(20)22-14(3,4)5/h10H,6-9H2,1-5H3,(H,15,18)(H,16,19)(H,17,20). The molecule has 128 valence electrons. The Kier molecular flexibility index (Phi) is 8.97. The Labute approximate surface area is 131 Å². The quantitative estimate of drug-likeness (QED) is 0.608. The summed E-state index contributed by atoms with van der Waals surface area (Å²) in [4.78, 5) is 34.0. The molecule has 0 aromatic heterocycles. The summed E-state index contributed by atoms with van der Waals surface area (Å²) in [6, 6.07) is 0. The Morgan fingerprint density at radius 1 is 0.955 bits per heavy atom. The number of carbonyl (C=O) groups excluding carboxylic acids is 3. The number of hydrogen-bond acceptors (Lipinski definition) is 5. The van der Waals surface area contributed by atoms with E-state index < -0.39 is 17.8 Å². The highest BCUT2D eigenvalue weighted by atomic mass is 16.6. The van der Waals surface area contributed by atoms with Crippen molar-refractivity contribution in [2.45, 2.75) is 40.2 Å². The molecule has 0 aromatic carbocycles. The molecule has 0 heterocycles. The maximum absolute atomic E-state index is 11.4. The van der Waals surface area contributed by atoms with Gasteiger partial charge in [0.05, 0.1) is 13.2 Å². The Morgan fingerprint density at radius 3 is 2.09 bits per heavy atom. The first-order valence-electron chi connectivity index (χ1n) is 7.24. The molecular formula is C14H27N3O5. The molecule has 3 amide bonds. The molecule has 8 heteroatoms. The number of amides is 3. The second-order valence-electron chi connectivity index (χ2n) is 6.12. The van der Waals surface area contributed by atoms with E-state index in [0.29, 0.717) is 6.61 Å². The molecule has 0 aromatic rings. The Hall–Kier alpha value is -1.99. The molecule has 0 aliphatic rings. The molecular weight excluding hydrogens is 290 g/mol. The lowest BCUT2D eigenvalue weighted by Crippen LogP contribution is -2.42. The topological polar surface area (TPSA) is 106 Å². The number of alkyl carbamates (subject to hydrolysis) is 2. The molecule has 0 fully saturated rings. The molecule has 8 nitrogen and oxygen atoms in total. The number of ether oxygens (including phenoxy) is 2. The minimum atomic E-state index is -0.655. The van der Waals surface area contributed by atoms with Crippen molar-refractivity contribution in [1.29, 1.82) is 0 Å². The van der Waals surface area contributed by atoms with Crippen molar-refractivity contribution in [1.82, 2.24) is 16.0 Å². The fourth-order valence-electron chi connectivity index (χ4n) is 1.19. The molecule has 3 N–H and O–H groups in total. The summed E-state index contributed by atoms with van der Waals surface area (Å²) < 4.78 is 9.89. The summed E-state index contributed by atoms with van der Waals surface area (Å²) in [5.41, 5.74) is -0.610. The summed E-state index contributed by atoms with van der Waals surface area (Å²) >= 11 is 0. The van der Waals surface area contributed by atoms with Crippen LogP contribution in [0.2, 0.25) is 0 Å². The number of rotatable bonds is 7. The molecule has 0 saturated heterocycles. The van der Waals surface area contributed by atoms with Gasteiger partial charge in [0.1, 0.15) is 5.60 Å². The summed E-state index contributed by atoms with van der Waals surface area (Å²) in [6.07, 6.45) is -1.17. The van der Waals surface area contributed by atoms with Crippen LogP contribution in [0.15, 0.2) is 0 Å². The zero-order valence-corrected chi connectivity index (χ0v) is 13.9. The van der Waals surface area contributed by atoms with Gasteiger partial charge in [-0.1, -0.05) is 13.8 Å². The average molecular weight is 317 g/mol. The lowest BCUT2D eigenvalue weighted by atomic mass is 10.2. The summed E-state index contributed by atoms with van der Waals surface area (Å²) in [6.45, 7) is 9.71. The number of nitrogens with one attached hydrogen (secondary N) is 3. The van der Waals surface area contributed by atoms with Crippen LogP contribution in [0, 0.1) is 5.92 Å². The summed E-state index contributed by atoms with van der Waals surface area (Å²) in [5, 5.41) is 7.38. The third-order valence-electron chi connectivity index (χ3n) is 2.06. The maximum Gasteiger partial charge on any atom is 0.408 e. The lowest BCUT2D eigenvalue weighted by Gasteiger charge is -2.19. The summed E-state index contributed by atoms with van der Waals surface area (Å²) in [5.74, 6) is -0.104. The van der Waals surface area contributed by atoms with Crippen LogP contribution >= 0.6 is 0 Å². The van der Waals surface area contributed by atoms with Gasteiger partial charge in [0.15, 0.2) is 0 Å². The van der Waals surface area contributed by atoms with Crippen molar-refractivity contribution >= 4 is 18.1 Å². The third kappa shape index (κ3) is 13.0. The largest absolute Gasteiger partial charge is 0.449 e. The monoisotopic (exact) mass is 317 g/mol. The van der Waals surface area contributed by atoms with E-state index in [1.54, 1.807) is 20.8 Å². The Balaban J connectivity index is 3.66. The number of carbonyl (C=O) groups is 3. The predicted molar refractivity (Wildman–Crippen MR) is 81.4 cm³/mol. The first-order valence-corrected chi connectivity index (χ1v) is 7.24. The van der Waals surface area contributed by atoms with E-state index in [0.717, 1.165) is 0 Å². The number of hydrogen-bond donors (Lipinski definition) is 3. The zero-order valence-electron chi connectivity index (χ0n) is 13.9. The van der Waals surface area contributed by atoms with Gasteiger partial charge in [-0.25, -0.2) is 9.59 Å². The van der Waals surface area contributed by atoms with Crippen LogP contribution in [0.1, 0.15) is 34.6 Å². The molecule has 0 unspecified atom stereocenters. The van der Waals surface area contributed by atoms with Gasteiger partial charge < -0.3 is 25.4 Å². The maximum atomic E-state index is 11.4. The Bertz CT molecular complexity index is 377. The van der Waals surface area contributed by atoms with Crippen LogP contribution in [-0.2, 0) is 14.3 Å². The molecule has 22 heavy (non-hydrogen) atoms. The van der Waals surface area contributed by atoms with Gasteiger partial charge >= 0.3 is 12.2 Å². The molecule has 0 radical (unpaired) electrons. The van der Waals surface area contributed by atoms with E-state index in [2.05, 4.69) is 16.0 Å². The van der Waals surface area contributed by atoms with E-state index >= 15 is 0 Å². The molecule has 0 aliphatic heterocycles. The van der Waals surface area contributed by atoms with Gasteiger partial charge in [-0.05, 0) is 26.7 Å². The highest BCUT2D eigenvalue weighted by molar-refractivity contribution is 5.82. The Morgan fingerprint density at radius 2 is 1.55 bits per heavy atom. The van der Waals surface area contributed by atoms with Crippen molar-refractivity contribution in [2.75, 3.05) is 26.2 Å². The van der Waals surface area contributed by atoms with Crippen LogP contribution in [0.5, 0.6) is 0 Å². The SMILES string of the molecule is CC(C)COC(=O)NCCNC(=O)CNC(=O)OC(C)(C)C. The van der Waals surface area contributed by atoms with Crippen LogP contribution in [0.4, 0.5) is 9.59 Å². The van der Waals surface area contributed by atoms with Crippen LogP contribution in [0.3, 0.4) is 0 Å². The minimum Gasteiger partial charge on any atom is -0.449 e. The molecule has 0 saturated carbocycles. The highest BCUT2D eigenvalue weighted by Gasteiger charge is 2.16. The van der Waals surface area contributed by atoms with Gasteiger partial charge in [-0.3, -0.25) is 4.79 Å². The van der Waals surface area contributed by atoms with Crippen molar-refractivity contribution in [2.24, 2.45) is 5.92 Å². The molecule has 0 atom stereocenters. The highest BCUT2D eigenvalue weighted by Crippen LogP contribution is 2.05. The fraction of sp³-hybridized carbons (Fsp3) is 0.786. The van der Waals surface area contributed by atoms with Gasteiger partial charge in [-0.2, -0.15) is 0 Å². The van der Waals surface area contributed by atoms with Crippen molar-refractivity contribution in [3.63, 3.8) is 0 Å². The van der Waals surface area contributed by atoms with Gasteiger partial charge in [-0.15, -0.1) is 0 Å². The van der Waals surface area contributed by atoms with Gasteiger partial charge in [0.25, 0.3) is 0 Å². The second-order valence-corrected chi connectivity index (χ2v) is 6.12. The van der Waals surface area contributed by atoms with Crippen molar-refractivity contribution in [3.05, 3.63) is 0 Å². The van der Waals surface area contributed by atoms with Crippen molar-refractivity contribution in [3.8, 4) is 0 Å². The predicted octanol–water partition coefficient (Wildman–Crippen LogP) is 1.01. The lowest BCUT2D eigenvalue weighted by molar-refractivity contribution is -0.120. The molecule has 0 rings (SSSR count). The smallest absolute Gasteiger partial charge is 0.408 e. The average Bonchev–Trinajstić information content (AvgIpc) is 2.37. The van der Waals surface area contributed by atoms with Gasteiger partial charge in [0, 0.05) is 13.1 Å². The van der Waals surface area contributed by atoms with E-state index in [1.165, 1.54) is 0 Å². The van der Waals surface area contributed by atoms with E-state index in [4.69, 9.17) is 9.47 Å². The minimum absolute atomic E-state index is 0.188. The van der Waals surface area contributed by atoms with Gasteiger partial charge in [0.2, 0.25) is 5.91 Å². The van der Waals surface area contributed by atoms with Crippen LogP contribution in [0.25, 0.3) is 0 Å². The van der Waals surface area contributed by atoms with E-state index in [-0.39, 0.29) is 31.5 Å². The third-order valence-corrected chi connectivity index (χ3v) is 2.06. The van der Waals surface area contributed by atoms with Crippen LogP contribution in [-0.4, -0.2) is 49.9 Å². The first-order chi connectivity index (χ1) is 10.1. The molecule has 0 aliphatic carbocycles. The second kappa shape index (κ2) is 9.86. The zero-order chi connectivity index (χ0) is 17.2. The van der Waals surface area contributed by atoms with E-state index in [1.807, 2.05) is 13.8 Å². The molecule has 0 spiro atoms.